The first-order valence-electron chi connectivity index (χ1n) is 3.79. The van der Waals surface area contributed by atoms with Crippen LogP contribution in [0.3, 0.4) is 0 Å². The van der Waals surface area contributed by atoms with Crippen molar-refractivity contribution in [3.05, 3.63) is 29.6 Å². The first-order chi connectivity index (χ1) is 6.16. The highest BCUT2D eigenvalue weighted by Gasteiger charge is 2.22. The summed E-state index contributed by atoms with van der Waals surface area (Å²) in [6.45, 7) is 0. The van der Waals surface area contributed by atoms with Crippen LogP contribution in [-0.2, 0) is 4.79 Å². The summed E-state index contributed by atoms with van der Waals surface area (Å²) < 4.78 is 12.7. The Labute approximate surface area is 73.6 Å². The summed E-state index contributed by atoms with van der Waals surface area (Å²) in [5.74, 6) is -1.12. The molecule has 0 atom stereocenters. The molecule has 0 saturated carbocycles. The number of halogens is 1. The van der Waals surface area contributed by atoms with Crippen LogP contribution in [0, 0.1) is 5.82 Å². The fourth-order valence-electron chi connectivity index (χ4n) is 1.30. The van der Waals surface area contributed by atoms with Gasteiger partial charge in [-0.25, -0.2) is 4.39 Å². The third kappa shape index (κ3) is 1.30. The van der Waals surface area contributed by atoms with E-state index in [2.05, 4.69) is 5.32 Å². The monoisotopic (exact) mass is 179 g/mol. The Kier molecular flexibility index (Phi) is 1.62. The minimum atomic E-state index is -0.464. The van der Waals surface area contributed by atoms with Crippen LogP contribution in [0.5, 0.6) is 0 Å². The van der Waals surface area contributed by atoms with E-state index in [0.29, 0.717) is 5.56 Å². The molecule has 1 aliphatic heterocycles. The molecule has 1 amide bonds. The Morgan fingerprint density at radius 2 is 2.08 bits per heavy atom. The van der Waals surface area contributed by atoms with E-state index in [-0.39, 0.29) is 23.8 Å². The maximum absolute atomic E-state index is 12.7. The van der Waals surface area contributed by atoms with Crippen molar-refractivity contribution >= 4 is 17.4 Å². The minimum Gasteiger partial charge on any atom is -0.325 e. The van der Waals surface area contributed by atoms with E-state index in [4.69, 9.17) is 0 Å². The molecule has 13 heavy (non-hydrogen) atoms. The van der Waals surface area contributed by atoms with Gasteiger partial charge in [-0.05, 0) is 18.2 Å². The van der Waals surface area contributed by atoms with Gasteiger partial charge < -0.3 is 5.32 Å². The lowest BCUT2D eigenvalue weighted by Gasteiger charge is -2.14. The summed E-state index contributed by atoms with van der Waals surface area (Å²) in [5.41, 5.74) is 0.641. The lowest BCUT2D eigenvalue weighted by atomic mass is 10.0. The molecular formula is C9H6FNO2. The molecule has 0 aromatic heterocycles. The number of hydrogen-bond acceptors (Lipinski definition) is 2. The maximum Gasteiger partial charge on any atom is 0.232 e. The zero-order valence-corrected chi connectivity index (χ0v) is 6.63. The fraction of sp³-hybridized carbons (Fsp3) is 0.111. The van der Waals surface area contributed by atoms with Crippen molar-refractivity contribution in [2.45, 2.75) is 6.42 Å². The molecule has 1 aromatic rings. The van der Waals surface area contributed by atoms with E-state index < -0.39 is 5.82 Å². The topological polar surface area (TPSA) is 46.2 Å². The summed E-state index contributed by atoms with van der Waals surface area (Å²) in [7, 11) is 0. The molecule has 2 rings (SSSR count). The minimum absolute atomic E-state index is 0.154. The zero-order valence-electron chi connectivity index (χ0n) is 6.63. The third-order valence-corrected chi connectivity index (χ3v) is 1.88. The number of rotatable bonds is 0. The molecule has 0 radical (unpaired) electrons. The standard InChI is InChI=1S/C9H6FNO2/c10-5-1-2-6-7(3-5)11-9(13)4-8(6)12/h1-3H,4H2,(H,11,13). The first kappa shape index (κ1) is 7.91. The highest BCUT2D eigenvalue weighted by Crippen LogP contribution is 2.22. The van der Waals surface area contributed by atoms with E-state index in [1.165, 1.54) is 12.1 Å². The van der Waals surface area contributed by atoms with Crippen molar-refractivity contribution in [2.24, 2.45) is 0 Å². The Bertz CT molecular complexity index is 401. The number of hydrogen-bond donors (Lipinski definition) is 1. The summed E-state index contributed by atoms with van der Waals surface area (Å²) in [4.78, 5) is 22.1. The number of ketones is 1. The van der Waals surface area contributed by atoms with Gasteiger partial charge in [-0.15, -0.1) is 0 Å². The van der Waals surface area contributed by atoms with Crippen LogP contribution >= 0.6 is 0 Å². The van der Waals surface area contributed by atoms with Gasteiger partial charge in [0.05, 0.1) is 12.1 Å². The van der Waals surface area contributed by atoms with E-state index >= 15 is 0 Å². The van der Waals surface area contributed by atoms with Crippen molar-refractivity contribution in [1.29, 1.82) is 0 Å². The van der Waals surface area contributed by atoms with Crippen LogP contribution in [0.1, 0.15) is 16.8 Å². The van der Waals surface area contributed by atoms with Crippen molar-refractivity contribution in [2.75, 3.05) is 5.32 Å². The predicted octanol–water partition coefficient (Wildman–Crippen LogP) is 1.35. The Hall–Kier alpha value is -1.71. The second-order valence-electron chi connectivity index (χ2n) is 2.84. The van der Waals surface area contributed by atoms with Crippen LogP contribution in [-0.4, -0.2) is 11.7 Å². The summed E-state index contributed by atoms with van der Waals surface area (Å²) in [6.07, 6.45) is -0.154. The predicted molar refractivity (Wildman–Crippen MR) is 44.0 cm³/mol. The van der Waals surface area contributed by atoms with Gasteiger partial charge in [0, 0.05) is 5.56 Å². The lowest BCUT2D eigenvalue weighted by molar-refractivity contribution is -0.115. The molecule has 1 aromatic carbocycles. The molecule has 0 bridgehead atoms. The summed E-state index contributed by atoms with van der Waals surface area (Å²) in [5, 5.41) is 2.43. The van der Waals surface area contributed by atoms with Crippen molar-refractivity contribution in [1.82, 2.24) is 0 Å². The van der Waals surface area contributed by atoms with Gasteiger partial charge in [0.25, 0.3) is 0 Å². The SMILES string of the molecule is O=C1CC(=O)c2ccc(F)cc2N1. The van der Waals surface area contributed by atoms with Crippen molar-refractivity contribution in [3.8, 4) is 0 Å². The molecule has 1 N–H and O–H groups in total. The molecule has 0 saturated heterocycles. The van der Waals surface area contributed by atoms with E-state index in [9.17, 15) is 14.0 Å². The molecule has 3 nitrogen and oxygen atoms in total. The number of carbonyl (C=O) groups is 2. The Morgan fingerprint density at radius 1 is 1.31 bits per heavy atom. The Morgan fingerprint density at radius 3 is 2.85 bits per heavy atom. The lowest BCUT2D eigenvalue weighted by Crippen LogP contribution is -2.23. The van der Waals surface area contributed by atoms with Crippen LogP contribution in [0.25, 0.3) is 0 Å². The van der Waals surface area contributed by atoms with E-state index in [1.54, 1.807) is 0 Å². The highest BCUT2D eigenvalue weighted by molar-refractivity contribution is 6.18. The summed E-state index contributed by atoms with van der Waals surface area (Å²) >= 11 is 0. The van der Waals surface area contributed by atoms with Gasteiger partial charge in [-0.3, -0.25) is 9.59 Å². The Balaban J connectivity index is 2.55. The van der Waals surface area contributed by atoms with Gasteiger partial charge >= 0.3 is 0 Å². The zero-order chi connectivity index (χ0) is 9.42. The van der Waals surface area contributed by atoms with E-state index in [1.807, 2.05) is 0 Å². The molecular weight excluding hydrogens is 173 g/mol. The molecule has 4 heteroatoms. The number of amides is 1. The normalized spacial score (nSPS) is 15.2. The second-order valence-corrected chi connectivity index (χ2v) is 2.84. The van der Waals surface area contributed by atoms with E-state index in [0.717, 1.165) is 6.07 Å². The number of Topliss-reactive ketones (excluding diaryl/α,β-unsaturated/α-hetero) is 1. The number of nitrogens with one attached hydrogen (secondary N) is 1. The molecule has 1 heterocycles. The van der Waals surface area contributed by atoms with Gasteiger partial charge in [0.15, 0.2) is 5.78 Å². The molecule has 0 unspecified atom stereocenters. The van der Waals surface area contributed by atoms with Gasteiger partial charge in [-0.1, -0.05) is 0 Å². The second kappa shape index (κ2) is 2.65. The van der Waals surface area contributed by atoms with Crippen LogP contribution < -0.4 is 5.32 Å². The number of carbonyl (C=O) groups excluding carboxylic acids is 2. The molecule has 0 spiro atoms. The smallest absolute Gasteiger partial charge is 0.232 e. The third-order valence-electron chi connectivity index (χ3n) is 1.88. The fourth-order valence-corrected chi connectivity index (χ4v) is 1.30. The van der Waals surface area contributed by atoms with Crippen molar-refractivity contribution in [3.63, 3.8) is 0 Å². The van der Waals surface area contributed by atoms with Crippen LogP contribution in [0.15, 0.2) is 18.2 Å². The number of anilines is 1. The molecule has 0 fully saturated rings. The molecule has 0 aliphatic carbocycles. The molecule has 66 valence electrons. The van der Waals surface area contributed by atoms with Crippen molar-refractivity contribution < 1.29 is 14.0 Å². The number of benzene rings is 1. The van der Waals surface area contributed by atoms with Gasteiger partial charge in [0.1, 0.15) is 5.82 Å². The average Bonchev–Trinajstić information content (AvgIpc) is 2.02. The largest absolute Gasteiger partial charge is 0.325 e. The summed E-state index contributed by atoms with van der Waals surface area (Å²) in [6, 6.07) is 3.73. The van der Waals surface area contributed by atoms with Gasteiger partial charge in [-0.2, -0.15) is 0 Å². The van der Waals surface area contributed by atoms with Crippen LogP contribution in [0.2, 0.25) is 0 Å². The average molecular weight is 179 g/mol. The molecule has 1 aliphatic rings. The first-order valence-corrected chi connectivity index (χ1v) is 3.79. The highest BCUT2D eigenvalue weighted by atomic mass is 19.1. The van der Waals surface area contributed by atoms with Crippen LogP contribution in [0.4, 0.5) is 10.1 Å². The maximum atomic E-state index is 12.7. The number of fused-ring (bicyclic) bond motifs is 1. The van der Waals surface area contributed by atoms with Gasteiger partial charge in [0.2, 0.25) is 5.91 Å². The quantitative estimate of drug-likeness (QED) is 0.611.